The molecule has 1 amide bonds. The van der Waals surface area contributed by atoms with Gasteiger partial charge in [0.2, 0.25) is 5.91 Å². The molecule has 2 aliphatic heterocycles. The quantitative estimate of drug-likeness (QED) is 0.713. The Labute approximate surface area is 97.3 Å². The number of nitrogens with zero attached hydrogens (tertiary/aromatic N) is 1. The van der Waals surface area contributed by atoms with E-state index >= 15 is 0 Å². The van der Waals surface area contributed by atoms with Crippen molar-refractivity contribution in [3.63, 3.8) is 0 Å². The molecule has 3 atom stereocenters. The summed E-state index contributed by atoms with van der Waals surface area (Å²) in [5.74, 6) is 0.497. The molecule has 0 aromatic carbocycles. The van der Waals surface area contributed by atoms with Crippen LogP contribution in [-0.4, -0.2) is 49.2 Å². The molecule has 2 aliphatic rings. The van der Waals surface area contributed by atoms with Crippen LogP contribution in [0.4, 0.5) is 0 Å². The average molecular weight is 226 g/mol. The maximum absolute atomic E-state index is 12.3. The Morgan fingerprint density at radius 1 is 1.44 bits per heavy atom. The number of morpholine rings is 1. The number of carbonyl (C=O) groups excluding carboxylic acids is 1. The lowest BCUT2D eigenvalue weighted by molar-refractivity contribution is -0.148. The molecular formula is C12H22N2O2. The second kappa shape index (κ2) is 5.15. The third-order valence-electron chi connectivity index (χ3n) is 3.81. The van der Waals surface area contributed by atoms with E-state index in [0.717, 1.165) is 32.5 Å². The first-order valence-corrected chi connectivity index (χ1v) is 6.33. The molecule has 2 fully saturated rings. The van der Waals surface area contributed by atoms with E-state index in [1.165, 1.54) is 0 Å². The Balaban J connectivity index is 1.96. The zero-order valence-electron chi connectivity index (χ0n) is 10.2. The first-order valence-electron chi connectivity index (χ1n) is 6.33. The Morgan fingerprint density at radius 3 is 2.94 bits per heavy atom. The number of rotatable bonds is 1. The molecule has 4 heteroatoms. The van der Waals surface area contributed by atoms with Crippen molar-refractivity contribution in [3.05, 3.63) is 0 Å². The lowest BCUT2D eigenvalue weighted by atomic mass is 9.96. The van der Waals surface area contributed by atoms with Gasteiger partial charge in [-0.05, 0) is 33.2 Å². The number of piperidine rings is 1. The van der Waals surface area contributed by atoms with E-state index < -0.39 is 0 Å². The lowest BCUT2D eigenvalue weighted by Gasteiger charge is -2.40. The van der Waals surface area contributed by atoms with Crippen LogP contribution in [0.5, 0.6) is 0 Å². The molecule has 0 saturated carbocycles. The standard InChI is InChI=1S/C12H22N2O2/c1-9-10(2)16-7-6-14(9)12(15)11-4-3-5-13-8-11/h9-11,13H,3-8H2,1-2H3. The van der Waals surface area contributed by atoms with Crippen molar-refractivity contribution in [1.29, 1.82) is 0 Å². The number of carbonyl (C=O) groups is 1. The summed E-state index contributed by atoms with van der Waals surface area (Å²) in [5, 5.41) is 3.30. The zero-order chi connectivity index (χ0) is 11.5. The highest BCUT2D eigenvalue weighted by Crippen LogP contribution is 2.19. The average Bonchev–Trinajstić information content (AvgIpc) is 2.33. The van der Waals surface area contributed by atoms with Crippen LogP contribution in [0, 0.1) is 5.92 Å². The third kappa shape index (κ3) is 2.38. The Hall–Kier alpha value is -0.610. The molecule has 0 aliphatic carbocycles. The van der Waals surface area contributed by atoms with Gasteiger partial charge in [0.15, 0.2) is 0 Å². The molecule has 0 aromatic heterocycles. The van der Waals surface area contributed by atoms with Gasteiger partial charge in [-0.15, -0.1) is 0 Å². The van der Waals surface area contributed by atoms with E-state index in [9.17, 15) is 4.79 Å². The topological polar surface area (TPSA) is 41.6 Å². The summed E-state index contributed by atoms with van der Waals surface area (Å²) in [7, 11) is 0. The van der Waals surface area contributed by atoms with Crippen molar-refractivity contribution < 1.29 is 9.53 Å². The van der Waals surface area contributed by atoms with Crippen molar-refractivity contribution in [2.45, 2.75) is 38.8 Å². The Morgan fingerprint density at radius 2 is 2.25 bits per heavy atom. The second-order valence-electron chi connectivity index (χ2n) is 4.89. The van der Waals surface area contributed by atoms with Gasteiger partial charge in [0.05, 0.1) is 24.7 Å². The molecule has 1 N–H and O–H groups in total. The molecule has 92 valence electrons. The predicted molar refractivity (Wildman–Crippen MR) is 62.2 cm³/mol. The van der Waals surface area contributed by atoms with Crippen molar-refractivity contribution in [3.8, 4) is 0 Å². The molecule has 0 radical (unpaired) electrons. The van der Waals surface area contributed by atoms with Crippen LogP contribution in [0.1, 0.15) is 26.7 Å². The monoisotopic (exact) mass is 226 g/mol. The van der Waals surface area contributed by atoms with Crippen LogP contribution in [0.15, 0.2) is 0 Å². The summed E-state index contributed by atoms with van der Waals surface area (Å²) in [6, 6.07) is 0.211. The normalized spacial score (nSPS) is 36.1. The maximum Gasteiger partial charge on any atom is 0.227 e. The van der Waals surface area contributed by atoms with Crippen molar-refractivity contribution in [2.24, 2.45) is 5.92 Å². The SMILES string of the molecule is CC1OCCN(C(=O)C2CCCNC2)C1C. The van der Waals surface area contributed by atoms with E-state index in [4.69, 9.17) is 4.74 Å². The van der Waals surface area contributed by atoms with E-state index in [1.807, 2.05) is 11.8 Å². The zero-order valence-corrected chi connectivity index (χ0v) is 10.2. The largest absolute Gasteiger partial charge is 0.375 e. The minimum Gasteiger partial charge on any atom is -0.375 e. The first-order chi connectivity index (χ1) is 7.70. The summed E-state index contributed by atoms with van der Waals surface area (Å²) >= 11 is 0. The van der Waals surface area contributed by atoms with Gasteiger partial charge in [-0.1, -0.05) is 0 Å². The predicted octanol–water partition coefficient (Wildman–Crippen LogP) is 0.622. The molecule has 2 saturated heterocycles. The first kappa shape index (κ1) is 11.9. The Bertz CT molecular complexity index is 251. The number of nitrogens with one attached hydrogen (secondary N) is 1. The molecule has 2 rings (SSSR count). The molecule has 3 unspecified atom stereocenters. The van der Waals surface area contributed by atoms with Crippen LogP contribution >= 0.6 is 0 Å². The van der Waals surface area contributed by atoms with Crippen molar-refractivity contribution in [2.75, 3.05) is 26.2 Å². The van der Waals surface area contributed by atoms with E-state index in [2.05, 4.69) is 12.2 Å². The minimum atomic E-state index is 0.161. The van der Waals surface area contributed by atoms with Gasteiger partial charge in [0, 0.05) is 13.1 Å². The summed E-state index contributed by atoms with van der Waals surface area (Å²) in [5.41, 5.74) is 0. The van der Waals surface area contributed by atoms with Gasteiger partial charge >= 0.3 is 0 Å². The lowest BCUT2D eigenvalue weighted by Crippen LogP contribution is -2.54. The van der Waals surface area contributed by atoms with Crippen LogP contribution in [0.2, 0.25) is 0 Å². The fourth-order valence-electron chi connectivity index (χ4n) is 2.54. The van der Waals surface area contributed by atoms with Gasteiger partial charge in [-0.2, -0.15) is 0 Å². The highest BCUT2D eigenvalue weighted by atomic mass is 16.5. The third-order valence-corrected chi connectivity index (χ3v) is 3.81. The van der Waals surface area contributed by atoms with Crippen LogP contribution in [-0.2, 0) is 9.53 Å². The van der Waals surface area contributed by atoms with E-state index in [-0.39, 0.29) is 18.1 Å². The maximum atomic E-state index is 12.3. The molecule has 0 aromatic rings. The number of amides is 1. The van der Waals surface area contributed by atoms with Gasteiger partial charge in [-0.25, -0.2) is 0 Å². The van der Waals surface area contributed by atoms with Gasteiger partial charge in [0.1, 0.15) is 0 Å². The van der Waals surface area contributed by atoms with Gasteiger partial charge in [0.25, 0.3) is 0 Å². The fraction of sp³-hybridized carbons (Fsp3) is 0.917. The molecular weight excluding hydrogens is 204 g/mol. The van der Waals surface area contributed by atoms with Crippen LogP contribution in [0.3, 0.4) is 0 Å². The second-order valence-corrected chi connectivity index (χ2v) is 4.89. The van der Waals surface area contributed by atoms with E-state index in [1.54, 1.807) is 0 Å². The van der Waals surface area contributed by atoms with Crippen molar-refractivity contribution in [1.82, 2.24) is 10.2 Å². The molecule has 16 heavy (non-hydrogen) atoms. The Kier molecular flexibility index (Phi) is 3.82. The summed E-state index contributed by atoms with van der Waals surface area (Å²) in [6.45, 7) is 7.45. The highest BCUT2D eigenvalue weighted by Gasteiger charge is 2.33. The number of hydrogen-bond acceptors (Lipinski definition) is 3. The van der Waals surface area contributed by atoms with Gasteiger partial charge < -0.3 is 15.0 Å². The van der Waals surface area contributed by atoms with E-state index in [0.29, 0.717) is 12.5 Å². The van der Waals surface area contributed by atoms with Crippen LogP contribution in [0.25, 0.3) is 0 Å². The summed E-state index contributed by atoms with van der Waals surface area (Å²) in [6.07, 6.45) is 2.31. The minimum absolute atomic E-state index is 0.161. The van der Waals surface area contributed by atoms with Crippen molar-refractivity contribution >= 4 is 5.91 Å². The molecule has 0 bridgehead atoms. The fourth-order valence-corrected chi connectivity index (χ4v) is 2.54. The number of ether oxygens (including phenoxy) is 1. The van der Waals surface area contributed by atoms with Crippen LogP contribution < -0.4 is 5.32 Å². The highest BCUT2D eigenvalue weighted by molar-refractivity contribution is 5.79. The summed E-state index contributed by atoms with van der Waals surface area (Å²) < 4.78 is 5.55. The molecule has 2 heterocycles. The molecule has 0 spiro atoms. The number of hydrogen-bond donors (Lipinski definition) is 1. The molecule has 4 nitrogen and oxygen atoms in total. The van der Waals surface area contributed by atoms with Gasteiger partial charge in [-0.3, -0.25) is 4.79 Å². The summed E-state index contributed by atoms with van der Waals surface area (Å²) in [4.78, 5) is 14.3. The smallest absolute Gasteiger partial charge is 0.227 e.